The van der Waals surface area contributed by atoms with E-state index in [1.165, 1.54) is 13.5 Å². The van der Waals surface area contributed by atoms with Gasteiger partial charge in [-0.3, -0.25) is 14.5 Å². The van der Waals surface area contributed by atoms with E-state index in [2.05, 4.69) is 5.32 Å². The fourth-order valence-electron chi connectivity index (χ4n) is 4.42. The first-order valence-corrected chi connectivity index (χ1v) is 9.42. The predicted molar refractivity (Wildman–Crippen MR) is 101 cm³/mol. The van der Waals surface area contributed by atoms with Crippen molar-refractivity contribution in [1.82, 2.24) is 4.90 Å². The molecular formula is C20H28N2O5. The Morgan fingerprint density at radius 3 is 2.63 bits per heavy atom. The molecule has 1 aliphatic carbocycles. The molecule has 1 saturated heterocycles. The number of hydrogen-bond acceptors (Lipinski definition) is 6. The molecule has 0 radical (unpaired) electrons. The summed E-state index contributed by atoms with van der Waals surface area (Å²) in [6.07, 6.45) is 5.23. The van der Waals surface area contributed by atoms with Crippen molar-refractivity contribution in [2.75, 3.05) is 33.2 Å². The van der Waals surface area contributed by atoms with Crippen molar-refractivity contribution < 1.29 is 23.8 Å². The molecule has 0 unspecified atom stereocenters. The highest BCUT2D eigenvalue weighted by Gasteiger charge is 2.46. The summed E-state index contributed by atoms with van der Waals surface area (Å²) in [5.74, 6) is 1.22. The van der Waals surface area contributed by atoms with Gasteiger partial charge in [0.15, 0.2) is 0 Å². The standard InChI is InChI=1S/C20H28N2O5/c1-25-14-8-9-18(26-2)15(11-14)21-19(23)12-22-16-7-5-4-6-13(16)10-17(22)20(24)27-3/h8-9,11,13,16-17H,4-7,10,12H2,1-3H3,(H,21,23)/t13-,16+,17+/m1/s1. The highest BCUT2D eigenvalue weighted by molar-refractivity contribution is 5.94. The molecular weight excluding hydrogens is 348 g/mol. The summed E-state index contributed by atoms with van der Waals surface area (Å²) in [6.45, 7) is 0.154. The number of fused-ring (bicyclic) bond motifs is 1. The minimum Gasteiger partial charge on any atom is -0.497 e. The lowest BCUT2D eigenvalue weighted by Gasteiger charge is -2.32. The zero-order valence-electron chi connectivity index (χ0n) is 16.2. The van der Waals surface area contributed by atoms with Gasteiger partial charge in [0.05, 0.1) is 33.6 Å². The molecule has 1 heterocycles. The van der Waals surface area contributed by atoms with E-state index in [1.807, 2.05) is 4.90 Å². The maximum Gasteiger partial charge on any atom is 0.323 e. The molecule has 2 aliphatic rings. The lowest BCUT2D eigenvalue weighted by Crippen LogP contribution is -2.46. The number of anilines is 1. The van der Waals surface area contributed by atoms with Gasteiger partial charge >= 0.3 is 5.97 Å². The van der Waals surface area contributed by atoms with Crippen LogP contribution < -0.4 is 14.8 Å². The number of ether oxygens (including phenoxy) is 3. The Balaban J connectivity index is 1.74. The number of esters is 1. The monoisotopic (exact) mass is 376 g/mol. The third-order valence-corrected chi connectivity index (χ3v) is 5.70. The van der Waals surface area contributed by atoms with Crippen LogP contribution in [0.2, 0.25) is 0 Å². The summed E-state index contributed by atoms with van der Waals surface area (Å²) >= 11 is 0. The van der Waals surface area contributed by atoms with Crippen LogP contribution in [0.5, 0.6) is 11.5 Å². The average molecular weight is 376 g/mol. The Morgan fingerprint density at radius 1 is 1.15 bits per heavy atom. The molecule has 3 atom stereocenters. The van der Waals surface area contributed by atoms with Crippen LogP contribution in [-0.2, 0) is 14.3 Å². The summed E-state index contributed by atoms with van der Waals surface area (Å²) < 4.78 is 15.5. The molecule has 1 aromatic carbocycles. The molecule has 0 spiro atoms. The van der Waals surface area contributed by atoms with Crippen molar-refractivity contribution in [1.29, 1.82) is 0 Å². The largest absolute Gasteiger partial charge is 0.497 e. The third-order valence-electron chi connectivity index (χ3n) is 5.70. The zero-order chi connectivity index (χ0) is 19.4. The van der Waals surface area contributed by atoms with Gasteiger partial charge in [-0.2, -0.15) is 0 Å². The SMILES string of the molecule is COC(=O)[C@@H]1C[C@H]2CCCC[C@@H]2N1CC(=O)Nc1cc(OC)ccc1OC. The second-order valence-corrected chi connectivity index (χ2v) is 7.17. The van der Waals surface area contributed by atoms with Gasteiger partial charge < -0.3 is 19.5 Å². The highest BCUT2D eigenvalue weighted by atomic mass is 16.5. The van der Waals surface area contributed by atoms with Gasteiger partial charge in [-0.05, 0) is 37.3 Å². The molecule has 0 aromatic heterocycles. The molecule has 1 amide bonds. The third kappa shape index (κ3) is 4.18. The van der Waals surface area contributed by atoms with E-state index in [9.17, 15) is 9.59 Å². The van der Waals surface area contributed by atoms with Crippen molar-refractivity contribution in [2.45, 2.75) is 44.2 Å². The molecule has 2 fully saturated rings. The van der Waals surface area contributed by atoms with Crippen molar-refractivity contribution in [2.24, 2.45) is 5.92 Å². The number of carbonyl (C=O) groups is 2. The van der Waals surface area contributed by atoms with Crippen molar-refractivity contribution >= 4 is 17.6 Å². The first-order chi connectivity index (χ1) is 13.1. The second-order valence-electron chi connectivity index (χ2n) is 7.17. The first kappa shape index (κ1) is 19.5. The number of benzene rings is 1. The molecule has 1 N–H and O–H groups in total. The second kappa shape index (κ2) is 8.61. The molecule has 3 rings (SSSR count). The predicted octanol–water partition coefficient (Wildman–Crippen LogP) is 2.45. The average Bonchev–Trinajstić information content (AvgIpc) is 3.05. The maximum absolute atomic E-state index is 12.8. The Hall–Kier alpha value is -2.28. The van der Waals surface area contributed by atoms with Gasteiger partial charge in [0, 0.05) is 12.1 Å². The topological polar surface area (TPSA) is 77.1 Å². The van der Waals surface area contributed by atoms with E-state index in [1.54, 1.807) is 32.4 Å². The van der Waals surface area contributed by atoms with Gasteiger partial charge in [-0.15, -0.1) is 0 Å². The van der Waals surface area contributed by atoms with E-state index in [0.717, 1.165) is 25.7 Å². The Morgan fingerprint density at radius 2 is 1.93 bits per heavy atom. The van der Waals surface area contributed by atoms with Crippen LogP contribution in [0.15, 0.2) is 18.2 Å². The number of carbonyl (C=O) groups excluding carboxylic acids is 2. The Bertz CT molecular complexity index is 693. The summed E-state index contributed by atoms with van der Waals surface area (Å²) in [4.78, 5) is 27.1. The van der Waals surface area contributed by atoms with Crippen LogP contribution >= 0.6 is 0 Å². The maximum atomic E-state index is 12.8. The normalized spacial score (nSPS) is 24.8. The van der Waals surface area contributed by atoms with Crippen LogP contribution in [0.4, 0.5) is 5.69 Å². The van der Waals surface area contributed by atoms with E-state index in [0.29, 0.717) is 23.1 Å². The number of likely N-dealkylation sites (tertiary alicyclic amines) is 1. The lowest BCUT2D eigenvalue weighted by atomic mass is 9.85. The van der Waals surface area contributed by atoms with E-state index in [4.69, 9.17) is 14.2 Å². The Labute approximate surface area is 160 Å². The van der Waals surface area contributed by atoms with Crippen LogP contribution in [-0.4, -0.2) is 56.7 Å². The van der Waals surface area contributed by atoms with E-state index in [-0.39, 0.29) is 30.5 Å². The van der Waals surface area contributed by atoms with E-state index >= 15 is 0 Å². The van der Waals surface area contributed by atoms with Gasteiger partial charge in [-0.1, -0.05) is 12.8 Å². The minimum atomic E-state index is -0.346. The molecule has 27 heavy (non-hydrogen) atoms. The summed E-state index contributed by atoms with van der Waals surface area (Å²) in [6, 6.07) is 5.16. The summed E-state index contributed by atoms with van der Waals surface area (Å²) in [5.41, 5.74) is 0.552. The molecule has 0 bridgehead atoms. The fraction of sp³-hybridized carbons (Fsp3) is 0.600. The van der Waals surface area contributed by atoms with Crippen LogP contribution in [0.25, 0.3) is 0 Å². The van der Waals surface area contributed by atoms with Crippen LogP contribution in [0, 0.1) is 5.92 Å². The number of nitrogens with zero attached hydrogens (tertiary/aromatic N) is 1. The molecule has 1 saturated carbocycles. The van der Waals surface area contributed by atoms with Gasteiger partial charge in [-0.25, -0.2) is 0 Å². The Kier molecular flexibility index (Phi) is 6.21. The van der Waals surface area contributed by atoms with Gasteiger partial charge in [0.2, 0.25) is 5.91 Å². The van der Waals surface area contributed by atoms with Crippen LogP contribution in [0.3, 0.4) is 0 Å². The smallest absolute Gasteiger partial charge is 0.323 e. The number of nitrogens with one attached hydrogen (secondary N) is 1. The first-order valence-electron chi connectivity index (χ1n) is 9.42. The molecule has 7 nitrogen and oxygen atoms in total. The van der Waals surface area contributed by atoms with Gasteiger partial charge in [0.1, 0.15) is 17.5 Å². The van der Waals surface area contributed by atoms with Crippen molar-refractivity contribution in [3.05, 3.63) is 18.2 Å². The number of rotatable bonds is 6. The van der Waals surface area contributed by atoms with E-state index < -0.39 is 0 Å². The minimum absolute atomic E-state index is 0.154. The molecule has 7 heteroatoms. The van der Waals surface area contributed by atoms with Crippen molar-refractivity contribution in [3.8, 4) is 11.5 Å². The zero-order valence-corrected chi connectivity index (χ0v) is 16.2. The van der Waals surface area contributed by atoms with Crippen LogP contribution in [0.1, 0.15) is 32.1 Å². The summed E-state index contributed by atoms with van der Waals surface area (Å²) in [5, 5.41) is 2.90. The van der Waals surface area contributed by atoms with Gasteiger partial charge in [0.25, 0.3) is 0 Å². The number of methoxy groups -OCH3 is 3. The molecule has 1 aromatic rings. The van der Waals surface area contributed by atoms with Crippen molar-refractivity contribution in [3.63, 3.8) is 0 Å². The molecule has 1 aliphatic heterocycles. The fourth-order valence-corrected chi connectivity index (χ4v) is 4.42. The number of hydrogen-bond donors (Lipinski definition) is 1. The summed E-state index contributed by atoms with van der Waals surface area (Å²) in [7, 11) is 4.53. The molecule has 148 valence electrons. The lowest BCUT2D eigenvalue weighted by molar-refractivity contribution is -0.146. The highest BCUT2D eigenvalue weighted by Crippen LogP contribution is 2.40. The number of amides is 1. The quantitative estimate of drug-likeness (QED) is 0.769.